The fourth-order valence-corrected chi connectivity index (χ4v) is 1.53. The number of hydrogen-bond donors (Lipinski definition) is 1. The predicted octanol–water partition coefficient (Wildman–Crippen LogP) is 2.16. The Morgan fingerprint density at radius 1 is 1.53 bits per heavy atom. The number of aromatic nitrogens is 2. The molecule has 0 saturated carbocycles. The smallest absolute Gasteiger partial charge is 0.356 e. The second kappa shape index (κ2) is 3.38. The Bertz CT molecular complexity index is 514. The number of carboxylic acids is 1. The molecule has 0 spiro atoms. The molecule has 1 N–H and O–H groups in total. The maximum absolute atomic E-state index is 10.9. The first-order valence-electron chi connectivity index (χ1n) is 4.79. The Hall–Kier alpha value is -1.84. The quantitative estimate of drug-likeness (QED) is 0.815. The summed E-state index contributed by atoms with van der Waals surface area (Å²) in [5, 5.41) is 8.93. The molecule has 2 rings (SSSR count). The van der Waals surface area contributed by atoms with Gasteiger partial charge >= 0.3 is 5.97 Å². The van der Waals surface area contributed by atoms with Crippen LogP contribution in [0.2, 0.25) is 0 Å². The van der Waals surface area contributed by atoms with Gasteiger partial charge in [-0.15, -0.1) is 0 Å². The molecule has 0 aliphatic rings. The van der Waals surface area contributed by atoms with Gasteiger partial charge in [0.2, 0.25) is 0 Å². The van der Waals surface area contributed by atoms with Gasteiger partial charge < -0.3 is 9.51 Å². The Balaban J connectivity index is 2.66. The van der Waals surface area contributed by atoms with Crippen molar-refractivity contribution in [3.05, 3.63) is 35.9 Å². The summed E-state index contributed by atoms with van der Waals surface area (Å²) in [5.74, 6) is -0.607. The van der Waals surface area contributed by atoms with E-state index in [1.54, 1.807) is 4.40 Å². The van der Waals surface area contributed by atoms with E-state index in [1.165, 1.54) is 6.33 Å². The van der Waals surface area contributed by atoms with Crippen LogP contribution in [0.5, 0.6) is 0 Å². The molecule has 0 fully saturated rings. The number of pyridine rings is 1. The van der Waals surface area contributed by atoms with Crippen molar-refractivity contribution in [1.82, 2.24) is 9.38 Å². The lowest BCUT2D eigenvalue weighted by Crippen LogP contribution is -1.98. The Morgan fingerprint density at radius 3 is 2.87 bits per heavy atom. The second-order valence-electron chi connectivity index (χ2n) is 3.81. The van der Waals surface area contributed by atoms with Crippen molar-refractivity contribution in [2.75, 3.05) is 0 Å². The largest absolute Gasteiger partial charge is 0.476 e. The lowest BCUT2D eigenvalue weighted by atomic mass is 10.0. The molecule has 2 aromatic heterocycles. The van der Waals surface area contributed by atoms with Crippen LogP contribution in [-0.2, 0) is 0 Å². The van der Waals surface area contributed by atoms with E-state index >= 15 is 0 Å². The van der Waals surface area contributed by atoms with Crippen LogP contribution in [-0.4, -0.2) is 20.5 Å². The first-order valence-corrected chi connectivity index (χ1v) is 4.79. The highest BCUT2D eigenvalue weighted by Crippen LogP contribution is 2.18. The molecule has 0 saturated heterocycles. The molecule has 0 radical (unpaired) electrons. The van der Waals surface area contributed by atoms with Crippen molar-refractivity contribution < 1.29 is 9.90 Å². The third-order valence-electron chi connectivity index (χ3n) is 2.43. The van der Waals surface area contributed by atoms with E-state index in [-0.39, 0.29) is 5.69 Å². The average molecular weight is 204 g/mol. The minimum atomic E-state index is -0.988. The number of imidazole rings is 1. The number of carboxylic acid groups (broad SMARTS) is 1. The maximum atomic E-state index is 10.9. The van der Waals surface area contributed by atoms with Gasteiger partial charge in [-0.25, -0.2) is 9.78 Å². The standard InChI is InChI=1S/C11H12N2O2/c1-7(2)8-3-4-13-6-12-10(11(14)15)9(13)5-8/h3-7H,1-2H3,(H,14,15). The van der Waals surface area contributed by atoms with Crippen molar-refractivity contribution in [3.63, 3.8) is 0 Å². The summed E-state index contributed by atoms with van der Waals surface area (Å²) in [6.45, 7) is 4.14. The SMILES string of the molecule is CC(C)c1ccn2cnc(C(=O)O)c2c1. The van der Waals surface area contributed by atoms with Crippen LogP contribution < -0.4 is 0 Å². The zero-order chi connectivity index (χ0) is 11.0. The summed E-state index contributed by atoms with van der Waals surface area (Å²) in [4.78, 5) is 14.7. The topological polar surface area (TPSA) is 54.6 Å². The van der Waals surface area contributed by atoms with E-state index in [1.807, 2.05) is 18.3 Å². The number of fused-ring (bicyclic) bond motifs is 1. The van der Waals surface area contributed by atoms with Gasteiger partial charge in [-0.2, -0.15) is 0 Å². The van der Waals surface area contributed by atoms with Crippen LogP contribution in [0.25, 0.3) is 5.52 Å². The fraction of sp³-hybridized carbons (Fsp3) is 0.273. The zero-order valence-electron chi connectivity index (χ0n) is 8.64. The van der Waals surface area contributed by atoms with Gasteiger partial charge in [0.15, 0.2) is 5.69 Å². The zero-order valence-corrected chi connectivity index (χ0v) is 8.64. The van der Waals surface area contributed by atoms with Crippen LogP contribution in [0.4, 0.5) is 0 Å². The van der Waals surface area contributed by atoms with E-state index in [4.69, 9.17) is 5.11 Å². The van der Waals surface area contributed by atoms with Gasteiger partial charge in [-0.1, -0.05) is 13.8 Å². The van der Waals surface area contributed by atoms with E-state index in [2.05, 4.69) is 18.8 Å². The summed E-state index contributed by atoms with van der Waals surface area (Å²) < 4.78 is 1.72. The van der Waals surface area contributed by atoms with Crippen LogP contribution in [0.3, 0.4) is 0 Å². The second-order valence-corrected chi connectivity index (χ2v) is 3.81. The molecule has 0 atom stereocenters. The van der Waals surface area contributed by atoms with Crippen molar-refractivity contribution in [2.24, 2.45) is 0 Å². The van der Waals surface area contributed by atoms with Crippen LogP contribution in [0.1, 0.15) is 35.8 Å². The number of hydrogen-bond acceptors (Lipinski definition) is 2. The highest BCUT2D eigenvalue weighted by Gasteiger charge is 2.12. The molecule has 4 heteroatoms. The fourth-order valence-electron chi connectivity index (χ4n) is 1.53. The van der Waals surface area contributed by atoms with Gasteiger partial charge in [0, 0.05) is 6.20 Å². The third-order valence-corrected chi connectivity index (χ3v) is 2.43. The van der Waals surface area contributed by atoms with Gasteiger partial charge in [-0.3, -0.25) is 0 Å². The summed E-state index contributed by atoms with van der Waals surface area (Å²) >= 11 is 0. The van der Waals surface area contributed by atoms with Crippen LogP contribution in [0.15, 0.2) is 24.7 Å². The molecule has 0 aliphatic heterocycles. The van der Waals surface area contributed by atoms with E-state index in [9.17, 15) is 4.79 Å². The summed E-state index contributed by atoms with van der Waals surface area (Å²) in [6, 6.07) is 3.85. The molecular weight excluding hydrogens is 192 g/mol. The Labute approximate surface area is 87.2 Å². The van der Waals surface area contributed by atoms with E-state index in [0.29, 0.717) is 11.4 Å². The minimum absolute atomic E-state index is 0.109. The lowest BCUT2D eigenvalue weighted by Gasteiger charge is -2.05. The lowest BCUT2D eigenvalue weighted by molar-refractivity contribution is 0.0693. The molecule has 2 aromatic rings. The predicted molar refractivity (Wildman–Crippen MR) is 56.2 cm³/mol. The average Bonchev–Trinajstić information content (AvgIpc) is 2.59. The molecule has 0 aliphatic carbocycles. The van der Waals surface area contributed by atoms with Gasteiger partial charge in [0.05, 0.1) is 5.52 Å². The summed E-state index contributed by atoms with van der Waals surface area (Å²) in [7, 11) is 0. The van der Waals surface area contributed by atoms with Crippen molar-refractivity contribution in [1.29, 1.82) is 0 Å². The number of aromatic carboxylic acids is 1. The highest BCUT2D eigenvalue weighted by molar-refractivity contribution is 5.93. The normalized spacial score (nSPS) is 11.1. The van der Waals surface area contributed by atoms with Crippen LogP contribution in [0, 0.1) is 0 Å². The Morgan fingerprint density at radius 2 is 2.27 bits per heavy atom. The van der Waals surface area contributed by atoms with Crippen molar-refractivity contribution >= 4 is 11.5 Å². The Kier molecular flexibility index (Phi) is 2.19. The molecule has 78 valence electrons. The third kappa shape index (κ3) is 1.58. The minimum Gasteiger partial charge on any atom is -0.476 e. The molecule has 0 aromatic carbocycles. The molecule has 15 heavy (non-hydrogen) atoms. The molecular formula is C11H12N2O2. The monoisotopic (exact) mass is 204 g/mol. The first kappa shape index (κ1) is 9.71. The summed E-state index contributed by atoms with van der Waals surface area (Å²) in [6.07, 6.45) is 3.35. The number of rotatable bonds is 2. The van der Waals surface area contributed by atoms with Gasteiger partial charge in [0.1, 0.15) is 6.33 Å². The van der Waals surface area contributed by atoms with E-state index in [0.717, 1.165) is 5.56 Å². The highest BCUT2D eigenvalue weighted by atomic mass is 16.4. The molecule has 4 nitrogen and oxygen atoms in total. The summed E-state index contributed by atoms with van der Waals surface area (Å²) in [5.41, 5.74) is 1.87. The van der Waals surface area contributed by atoms with E-state index < -0.39 is 5.97 Å². The molecule has 0 amide bonds. The maximum Gasteiger partial charge on any atom is 0.356 e. The molecule has 0 bridgehead atoms. The molecule has 0 unspecified atom stereocenters. The number of nitrogens with zero attached hydrogens (tertiary/aromatic N) is 2. The number of carbonyl (C=O) groups is 1. The van der Waals surface area contributed by atoms with Crippen molar-refractivity contribution in [3.8, 4) is 0 Å². The first-order chi connectivity index (χ1) is 7.09. The molecule has 2 heterocycles. The van der Waals surface area contributed by atoms with Crippen LogP contribution >= 0.6 is 0 Å². The van der Waals surface area contributed by atoms with Gasteiger partial charge in [-0.05, 0) is 23.6 Å². The van der Waals surface area contributed by atoms with Gasteiger partial charge in [0.25, 0.3) is 0 Å². The van der Waals surface area contributed by atoms with Crippen molar-refractivity contribution in [2.45, 2.75) is 19.8 Å².